The van der Waals surface area contributed by atoms with E-state index in [2.05, 4.69) is 5.32 Å². The summed E-state index contributed by atoms with van der Waals surface area (Å²) in [7, 11) is 0. The van der Waals surface area contributed by atoms with E-state index < -0.39 is 0 Å². The molecule has 0 saturated carbocycles. The smallest absolute Gasteiger partial charge is 0.0681 e. The number of halogens is 1. The summed E-state index contributed by atoms with van der Waals surface area (Å²) in [5.41, 5.74) is 4.80. The largest absolute Gasteiger partial charge is 0.392 e. The van der Waals surface area contributed by atoms with Crippen molar-refractivity contribution in [1.82, 2.24) is 5.32 Å². The van der Waals surface area contributed by atoms with Gasteiger partial charge in [-0.15, -0.1) is 0 Å². The third-order valence-corrected chi connectivity index (χ3v) is 2.47. The van der Waals surface area contributed by atoms with Crippen molar-refractivity contribution in [3.8, 4) is 0 Å². The fourth-order valence-corrected chi connectivity index (χ4v) is 1.36. The molecule has 2 N–H and O–H groups in total. The van der Waals surface area contributed by atoms with Crippen molar-refractivity contribution < 1.29 is 5.11 Å². The summed E-state index contributed by atoms with van der Waals surface area (Å²) in [5.74, 6) is 0. The Kier molecular flexibility index (Phi) is 5.40. The molecule has 0 unspecified atom stereocenters. The molecule has 0 fully saturated rings. The highest BCUT2D eigenvalue weighted by molar-refractivity contribution is 6.25. The molecule has 0 spiro atoms. The van der Waals surface area contributed by atoms with E-state index in [1.165, 1.54) is 5.56 Å². The van der Waals surface area contributed by atoms with Gasteiger partial charge in [0.2, 0.25) is 0 Å². The molecule has 0 aliphatic rings. The van der Waals surface area contributed by atoms with Crippen LogP contribution in [0.2, 0.25) is 0 Å². The van der Waals surface area contributed by atoms with Crippen LogP contribution in [0.15, 0.2) is 35.4 Å². The van der Waals surface area contributed by atoms with Crippen molar-refractivity contribution in [3.05, 3.63) is 46.5 Å². The van der Waals surface area contributed by atoms with E-state index in [1.807, 2.05) is 31.2 Å². The lowest BCUT2D eigenvalue weighted by molar-refractivity contribution is 0.281. The predicted molar refractivity (Wildman–Crippen MR) is 63.7 cm³/mol. The van der Waals surface area contributed by atoms with Crippen LogP contribution >= 0.6 is 11.6 Å². The zero-order valence-electron chi connectivity index (χ0n) is 8.83. The zero-order chi connectivity index (χ0) is 11.1. The van der Waals surface area contributed by atoms with Crippen molar-refractivity contribution in [2.45, 2.75) is 20.1 Å². The van der Waals surface area contributed by atoms with Crippen molar-refractivity contribution >= 4 is 11.6 Å². The second-order valence-electron chi connectivity index (χ2n) is 3.54. The minimum atomic E-state index is 0.0917. The Balaban J connectivity index is 2.43. The molecule has 0 radical (unpaired) electrons. The minimum Gasteiger partial charge on any atom is -0.392 e. The van der Waals surface area contributed by atoms with Gasteiger partial charge in [-0.05, 0) is 23.6 Å². The summed E-state index contributed by atoms with van der Waals surface area (Å²) >= 11 is 5.55. The molecule has 0 aromatic heterocycles. The molecule has 0 aliphatic heterocycles. The van der Waals surface area contributed by atoms with Gasteiger partial charge in [-0.3, -0.25) is 0 Å². The molecule has 0 bridgehead atoms. The standard InChI is InChI=1S/C12H16ClNO/c1-10(6-13)7-14-8-11-3-2-4-12(5-11)9-15/h2-6,14-15H,7-9H2,1H3/b10-6-. The lowest BCUT2D eigenvalue weighted by Gasteiger charge is -2.05. The number of benzene rings is 1. The lowest BCUT2D eigenvalue weighted by atomic mass is 10.1. The molecule has 0 amide bonds. The van der Waals surface area contributed by atoms with Crippen molar-refractivity contribution in [2.24, 2.45) is 0 Å². The fraction of sp³-hybridized carbons (Fsp3) is 0.333. The first-order valence-corrected chi connectivity index (χ1v) is 5.35. The molecule has 0 atom stereocenters. The molecule has 15 heavy (non-hydrogen) atoms. The monoisotopic (exact) mass is 225 g/mol. The summed E-state index contributed by atoms with van der Waals surface area (Å²) in [6, 6.07) is 7.89. The normalized spacial score (nSPS) is 11.8. The van der Waals surface area contributed by atoms with E-state index in [-0.39, 0.29) is 6.61 Å². The molecule has 2 nitrogen and oxygen atoms in total. The summed E-state index contributed by atoms with van der Waals surface area (Å²) < 4.78 is 0. The van der Waals surface area contributed by atoms with Gasteiger partial charge in [-0.25, -0.2) is 0 Å². The van der Waals surface area contributed by atoms with Crippen LogP contribution in [0.3, 0.4) is 0 Å². The maximum absolute atomic E-state index is 8.97. The quantitative estimate of drug-likeness (QED) is 0.807. The van der Waals surface area contributed by atoms with E-state index >= 15 is 0 Å². The Bertz CT molecular complexity index is 336. The Hall–Kier alpha value is -0.830. The van der Waals surface area contributed by atoms with Crippen LogP contribution in [-0.4, -0.2) is 11.7 Å². The van der Waals surface area contributed by atoms with Crippen molar-refractivity contribution in [3.63, 3.8) is 0 Å². The maximum atomic E-state index is 8.97. The van der Waals surface area contributed by atoms with E-state index in [4.69, 9.17) is 16.7 Å². The zero-order valence-corrected chi connectivity index (χ0v) is 9.59. The van der Waals surface area contributed by atoms with Gasteiger partial charge in [0.15, 0.2) is 0 Å². The van der Waals surface area contributed by atoms with Crippen LogP contribution < -0.4 is 5.32 Å². The predicted octanol–water partition coefficient (Wildman–Crippen LogP) is 2.41. The molecule has 1 rings (SSSR count). The third kappa shape index (κ3) is 4.47. The average molecular weight is 226 g/mol. The van der Waals surface area contributed by atoms with Gasteiger partial charge < -0.3 is 10.4 Å². The summed E-state index contributed by atoms with van der Waals surface area (Å²) in [4.78, 5) is 0. The van der Waals surface area contributed by atoms with Crippen LogP contribution in [0.25, 0.3) is 0 Å². The Morgan fingerprint density at radius 2 is 2.20 bits per heavy atom. The summed E-state index contributed by atoms with van der Waals surface area (Å²) in [6.07, 6.45) is 0. The number of aliphatic hydroxyl groups is 1. The molecule has 0 saturated heterocycles. The molecule has 0 heterocycles. The van der Waals surface area contributed by atoms with Gasteiger partial charge in [0.05, 0.1) is 6.61 Å². The SMILES string of the molecule is C/C(=C/Cl)CNCc1cccc(CO)c1. The molecule has 0 aliphatic carbocycles. The second-order valence-corrected chi connectivity index (χ2v) is 3.76. The highest BCUT2D eigenvalue weighted by atomic mass is 35.5. The Labute approximate surface area is 95.6 Å². The summed E-state index contributed by atoms with van der Waals surface area (Å²) in [5, 5.41) is 12.2. The number of nitrogens with one attached hydrogen (secondary N) is 1. The van der Waals surface area contributed by atoms with E-state index in [0.717, 1.165) is 24.2 Å². The van der Waals surface area contributed by atoms with E-state index in [9.17, 15) is 0 Å². The van der Waals surface area contributed by atoms with Gasteiger partial charge in [0, 0.05) is 18.6 Å². The van der Waals surface area contributed by atoms with Gasteiger partial charge >= 0.3 is 0 Å². The highest BCUT2D eigenvalue weighted by Gasteiger charge is 1.95. The van der Waals surface area contributed by atoms with Crippen LogP contribution in [0.1, 0.15) is 18.1 Å². The van der Waals surface area contributed by atoms with Crippen molar-refractivity contribution in [2.75, 3.05) is 6.54 Å². The van der Waals surface area contributed by atoms with Gasteiger partial charge in [0.1, 0.15) is 0 Å². The van der Waals surface area contributed by atoms with Crippen LogP contribution in [0, 0.1) is 0 Å². The molecule has 82 valence electrons. The number of rotatable bonds is 5. The Morgan fingerprint density at radius 1 is 1.47 bits per heavy atom. The molecular formula is C12H16ClNO. The average Bonchev–Trinajstić information content (AvgIpc) is 2.29. The first-order chi connectivity index (χ1) is 7.26. The van der Waals surface area contributed by atoms with Crippen LogP contribution in [0.5, 0.6) is 0 Å². The second kappa shape index (κ2) is 6.62. The number of hydrogen-bond donors (Lipinski definition) is 2. The van der Waals surface area contributed by atoms with E-state index in [1.54, 1.807) is 5.54 Å². The molecular weight excluding hydrogens is 210 g/mol. The Morgan fingerprint density at radius 3 is 2.87 bits per heavy atom. The minimum absolute atomic E-state index is 0.0917. The molecule has 1 aromatic rings. The topological polar surface area (TPSA) is 32.3 Å². The third-order valence-electron chi connectivity index (χ3n) is 2.09. The van der Waals surface area contributed by atoms with E-state index in [0.29, 0.717) is 0 Å². The van der Waals surface area contributed by atoms with Crippen molar-refractivity contribution in [1.29, 1.82) is 0 Å². The fourth-order valence-electron chi connectivity index (χ4n) is 1.28. The number of aliphatic hydroxyl groups excluding tert-OH is 1. The van der Waals surface area contributed by atoms with Gasteiger partial charge in [-0.1, -0.05) is 35.9 Å². The first-order valence-electron chi connectivity index (χ1n) is 4.91. The molecule has 3 heteroatoms. The first kappa shape index (κ1) is 12.2. The lowest BCUT2D eigenvalue weighted by Crippen LogP contribution is -2.15. The van der Waals surface area contributed by atoms with Crippen LogP contribution in [0.4, 0.5) is 0 Å². The maximum Gasteiger partial charge on any atom is 0.0681 e. The number of hydrogen-bond acceptors (Lipinski definition) is 2. The summed E-state index contributed by atoms with van der Waals surface area (Å²) in [6.45, 7) is 3.64. The highest BCUT2D eigenvalue weighted by Crippen LogP contribution is 2.05. The van der Waals surface area contributed by atoms with Gasteiger partial charge in [-0.2, -0.15) is 0 Å². The van der Waals surface area contributed by atoms with Gasteiger partial charge in [0.25, 0.3) is 0 Å². The van der Waals surface area contributed by atoms with Crippen LogP contribution in [-0.2, 0) is 13.2 Å². The molecule has 1 aromatic carbocycles.